The van der Waals surface area contributed by atoms with Crippen LogP contribution in [0.4, 0.5) is 11.8 Å². The first kappa shape index (κ1) is 15.7. The van der Waals surface area contributed by atoms with Gasteiger partial charge in [-0.1, -0.05) is 23.7 Å². The molecule has 1 aromatic carbocycles. The molecule has 2 heterocycles. The van der Waals surface area contributed by atoms with E-state index < -0.39 is 0 Å². The first-order valence-corrected chi connectivity index (χ1v) is 8.04. The number of benzene rings is 1. The third kappa shape index (κ3) is 3.62. The van der Waals surface area contributed by atoms with Crippen molar-refractivity contribution < 1.29 is 4.79 Å². The quantitative estimate of drug-likeness (QED) is 0.936. The van der Waals surface area contributed by atoms with Gasteiger partial charge in [0.1, 0.15) is 5.82 Å². The average Bonchev–Trinajstić information content (AvgIpc) is 2.51. The van der Waals surface area contributed by atoms with Crippen molar-refractivity contribution in [1.82, 2.24) is 9.97 Å². The summed E-state index contributed by atoms with van der Waals surface area (Å²) in [5.74, 6) is 1.19. The zero-order valence-electron chi connectivity index (χ0n) is 13.1. The maximum Gasteiger partial charge on any atom is 0.221 e. The monoisotopic (exact) mass is 330 g/mol. The number of anilines is 2. The second-order valence-corrected chi connectivity index (χ2v) is 6.32. The smallest absolute Gasteiger partial charge is 0.221 e. The molecule has 0 bridgehead atoms. The fourth-order valence-electron chi connectivity index (χ4n) is 2.83. The lowest BCUT2D eigenvalue weighted by Gasteiger charge is -2.28. The molecule has 0 saturated carbocycles. The maximum absolute atomic E-state index is 11.8. The molecule has 1 aromatic heterocycles. The van der Waals surface area contributed by atoms with Gasteiger partial charge in [-0.3, -0.25) is 4.79 Å². The maximum atomic E-state index is 11.8. The molecule has 2 N–H and O–H groups in total. The van der Waals surface area contributed by atoms with Crippen LogP contribution in [0.15, 0.2) is 24.4 Å². The van der Waals surface area contributed by atoms with E-state index in [1.807, 2.05) is 30.0 Å². The predicted octanol–water partition coefficient (Wildman–Crippen LogP) is 2.78. The lowest BCUT2D eigenvalue weighted by Crippen LogP contribution is -2.37. The van der Waals surface area contributed by atoms with E-state index in [1.54, 1.807) is 6.20 Å². The van der Waals surface area contributed by atoms with Gasteiger partial charge in [0.15, 0.2) is 5.78 Å². The predicted molar refractivity (Wildman–Crippen MR) is 91.9 cm³/mol. The van der Waals surface area contributed by atoms with Crippen molar-refractivity contribution >= 4 is 29.2 Å². The van der Waals surface area contributed by atoms with E-state index in [0.717, 1.165) is 40.5 Å². The number of aryl methyl sites for hydroxylation is 1. The van der Waals surface area contributed by atoms with Crippen molar-refractivity contribution in [2.45, 2.75) is 26.2 Å². The summed E-state index contributed by atoms with van der Waals surface area (Å²) in [6, 6.07) is 5.99. The summed E-state index contributed by atoms with van der Waals surface area (Å²) < 4.78 is 0. The number of hydrogen-bond donors (Lipinski definition) is 1. The number of Topliss-reactive ketones (excluding diaryl/α,β-unsaturated/α-hetero) is 1. The molecule has 2 aromatic rings. The topological polar surface area (TPSA) is 72.1 Å². The number of rotatable bonds is 3. The molecule has 1 fully saturated rings. The Morgan fingerprint density at radius 1 is 1.35 bits per heavy atom. The molecule has 120 valence electrons. The standard InChI is InChI=1S/C17H19ClN4O/c1-11-4-5-12(15(18)7-11)8-13-9-20-17(19)21-16(13)22-6-2-3-14(23)10-22/h4-5,7,9H,2-3,6,8,10H2,1H3,(H2,19,20,21). The van der Waals surface area contributed by atoms with Crippen LogP contribution in [0.2, 0.25) is 5.02 Å². The molecule has 0 aliphatic carbocycles. The number of nitrogens with two attached hydrogens (primary N) is 1. The molecule has 3 rings (SSSR count). The van der Waals surface area contributed by atoms with Crippen LogP contribution in [0, 0.1) is 6.92 Å². The van der Waals surface area contributed by atoms with Crippen LogP contribution < -0.4 is 10.6 Å². The minimum Gasteiger partial charge on any atom is -0.368 e. The van der Waals surface area contributed by atoms with Gasteiger partial charge in [0.05, 0.1) is 6.54 Å². The highest BCUT2D eigenvalue weighted by atomic mass is 35.5. The number of nitrogen functional groups attached to an aromatic ring is 1. The molecule has 1 aliphatic rings. The van der Waals surface area contributed by atoms with Crippen molar-refractivity contribution in [2.75, 3.05) is 23.7 Å². The van der Waals surface area contributed by atoms with Gasteiger partial charge in [-0.05, 0) is 30.5 Å². The fraction of sp³-hybridized carbons (Fsp3) is 0.353. The molecule has 6 heteroatoms. The van der Waals surface area contributed by atoms with Gasteiger partial charge >= 0.3 is 0 Å². The van der Waals surface area contributed by atoms with Gasteiger partial charge < -0.3 is 10.6 Å². The second-order valence-electron chi connectivity index (χ2n) is 5.91. The Morgan fingerprint density at radius 2 is 2.17 bits per heavy atom. The largest absolute Gasteiger partial charge is 0.368 e. The summed E-state index contributed by atoms with van der Waals surface area (Å²) in [5, 5.41) is 0.725. The van der Waals surface area contributed by atoms with E-state index >= 15 is 0 Å². The Hall–Kier alpha value is -2.14. The number of aromatic nitrogens is 2. The van der Waals surface area contributed by atoms with E-state index in [1.165, 1.54) is 0 Å². The lowest BCUT2D eigenvalue weighted by atomic mass is 10.0. The van der Waals surface area contributed by atoms with Gasteiger partial charge in [0.2, 0.25) is 5.95 Å². The summed E-state index contributed by atoms with van der Waals surface area (Å²) in [5.41, 5.74) is 8.81. The number of carbonyl (C=O) groups excluding carboxylic acids is 1. The SMILES string of the molecule is Cc1ccc(Cc2cnc(N)nc2N2CCCC(=O)C2)c(Cl)c1. The van der Waals surface area contributed by atoms with Crippen LogP contribution in [0.3, 0.4) is 0 Å². The van der Waals surface area contributed by atoms with Crippen LogP contribution in [-0.4, -0.2) is 28.8 Å². The van der Waals surface area contributed by atoms with Crippen molar-refractivity contribution in [3.63, 3.8) is 0 Å². The number of nitrogens with zero attached hydrogens (tertiary/aromatic N) is 3. The van der Waals surface area contributed by atoms with E-state index in [2.05, 4.69) is 9.97 Å². The minimum atomic E-state index is 0.219. The van der Waals surface area contributed by atoms with Gasteiger partial charge in [-0.15, -0.1) is 0 Å². The summed E-state index contributed by atoms with van der Waals surface area (Å²) in [6.07, 6.45) is 3.82. The molecular weight excluding hydrogens is 312 g/mol. The molecule has 23 heavy (non-hydrogen) atoms. The third-order valence-electron chi connectivity index (χ3n) is 4.00. The molecule has 1 saturated heterocycles. The molecular formula is C17H19ClN4O. The van der Waals surface area contributed by atoms with Crippen LogP contribution in [0.5, 0.6) is 0 Å². The summed E-state index contributed by atoms with van der Waals surface area (Å²) in [4.78, 5) is 22.2. The Kier molecular flexibility index (Phi) is 4.48. The van der Waals surface area contributed by atoms with Crippen molar-refractivity contribution in [3.8, 4) is 0 Å². The minimum absolute atomic E-state index is 0.219. The van der Waals surface area contributed by atoms with Crippen LogP contribution in [0.25, 0.3) is 0 Å². The summed E-state index contributed by atoms with van der Waals surface area (Å²) in [7, 11) is 0. The number of halogens is 1. The van der Waals surface area contributed by atoms with E-state index in [0.29, 0.717) is 19.4 Å². The molecule has 0 radical (unpaired) electrons. The van der Waals surface area contributed by atoms with Crippen molar-refractivity contribution in [3.05, 3.63) is 46.1 Å². The van der Waals surface area contributed by atoms with E-state index in [4.69, 9.17) is 17.3 Å². The van der Waals surface area contributed by atoms with Crippen LogP contribution >= 0.6 is 11.6 Å². The normalized spacial score (nSPS) is 15.0. The average molecular weight is 331 g/mol. The first-order chi connectivity index (χ1) is 11.0. The molecule has 0 unspecified atom stereocenters. The third-order valence-corrected chi connectivity index (χ3v) is 4.35. The fourth-order valence-corrected chi connectivity index (χ4v) is 3.13. The highest BCUT2D eigenvalue weighted by Gasteiger charge is 2.21. The molecule has 1 aliphatic heterocycles. The summed E-state index contributed by atoms with van der Waals surface area (Å²) in [6.45, 7) is 3.19. The zero-order valence-corrected chi connectivity index (χ0v) is 13.8. The first-order valence-electron chi connectivity index (χ1n) is 7.66. The number of carbonyl (C=O) groups is 1. The van der Waals surface area contributed by atoms with Gasteiger partial charge in [-0.25, -0.2) is 4.98 Å². The number of piperidine rings is 1. The van der Waals surface area contributed by atoms with Gasteiger partial charge in [0.25, 0.3) is 0 Å². The molecule has 5 nitrogen and oxygen atoms in total. The van der Waals surface area contributed by atoms with E-state index in [9.17, 15) is 4.79 Å². The van der Waals surface area contributed by atoms with Crippen molar-refractivity contribution in [1.29, 1.82) is 0 Å². The Labute approximate surface area is 140 Å². The zero-order chi connectivity index (χ0) is 16.4. The second kappa shape index (κ2) is 6.54. The molecule has 0 amide bonds. The highest BCUT2D eigenvalue weighted by molar-refractivity contribution is 6.31. The van der Waals surface area contributed by atoms with Crippen molar-refractivity contribution in [2.24, 2.45) is 0 Å². The Morgan fingerprint density at radius 3 is 2.91 bits per heavy atom. The summed E-state index contributed by atoms with van der Waals surface area (Å²) >= 11 is 6.34. The van der Waals surface area contributed by atoms with Crippen LogP contribution in [0.1, 0.15) is 29.5 Å². The van der Waals surface area contributed by atoms with Crippen LogP contribution in [-0.2, 0) is 11.2 Å². The Bertz CT molecular complexity index is 747. The number of hydrogen-bond acceptors (Lipinski definition) is 5. The molecule has 0 spiro atoms. The highest BCUT2D eigenvalue weighted by Crippen LogP contribution is 2.27. The lowest BCUT2D eigenvalue weighted by molar-refractivity contribution is -0.118. The van der Waals surface area contributed by atoms with Gasteiger partial charge in [-0.2, -0.15) is 4.98 Å². The Balaban J connectivity index is 1.94. The molecule has 0 atom stereocenters. The van der Waals surface area contributed by atoms with E-state index in [-0.39, 0.29) is 11.7 Å². The van der Waals surface area contributed by atoms with Gasteiger partial charge in [0, 0.05) is 36.2 Å². The number of ketones is 1.